The van der Waals surface area contributed by atoms with E-state index in [1.807, 2.05) is 0 Å². The van der Waals surface area contributed by atoms with Crippen LogP contribution in [0.4, 0.5) is 4.39 Å². The van der Waals surface area contributed by atoms with Crippen LogP contribution in [0.5, 0.6) is 0 Å². The summed E-state index contributed by atoms with van der Waals surface area (Å²) in [6.07, 6.45) is 5.54. The number of rotatable bonds is 7. The van der Waals surface area contributed by atoms with Crippen LogP contribution in [0.1, 0.15) is 47.7 Å². The van der Waals surface area contributed by atoms with E-state index < -0.39 is 17.8 Å². The summed E-state index contributed by atoms with van der Waals surface area (Å²) in [4.78, 5) is 43.9. The number of halogens is 1. The molecule has 0 aliphatic heterocycles. The largest absolute Gasteiger partial charge is 0.469 e. The number of hydrogen-bond donors (Lipinski definition) is 1. The van der Waals surface area contributed by atoms with Gasteiger partial charge in [0.15, 0.2) is 0 Å². The van der Waals surface area contributed by atoms with Crippen molar-refractivity contribution < 1.29 is 18.7 Å². The van der Waals surface area contributed by atoms with E-state index in [9.17, 15) is 18.8 Å². The molecule has 1 aliphatic carbocycles. The van der Waals surface area contributed by atoms with Gasteiger partial charge < -0.3 is 10.1 Å². The lowest BCUT2D eigenvalue weighted by Gasteiger charge is -2.18. The van der Waals surface area contributed by atoms with Crippen LogP contribution in [0, 0.1) is 5.82 Å². The fraction of sp³-hybridized carbons (Fsp3) is 0.391. The zero-order valence-corrected chi connectivity index (χ0v) is 18.5. The fourth-order valence-electron chi connectivity index (χ4n) is 4.03. The molecular weight excluding hydrogens is 433 g/mol. The van der Waals surface area contributed by atoms with Gasteiger partial charge in [-0.05, 0) is 48.9 Å². The van der Waals surface area contributed by atoms with Crippen molar-refractivity contribution in [1.82, 2.24) is 14.9 Å². The number of nitrogens with one attached hydrogen (secondary N) is 1. The second kappa shape index (κ2) is 9.60. The van der Waals surface area contributed by atoms with Crippen molar-refractivity contribution >= 4 is 33.4 Å². The first-order valence-corrected chi connectivity index (χ1v) is 11.4. The summed E-state index contributed by atoms with van der Waals surface area (Å²) in [5, 5.41) is 3.48. The Labute approximate surface area is 188 Å². The normalized spacial score (nSPS) is 14.1. The lowest BCUT2D eigenvalue weighted by atomic mass is 9.97. The fourth-order valence-corrected chi connectivity index (χ4v) is 5.25. The van der Waals surface area contributed by atoms with Gasteiger partial charge in [0.25, 0.3) is 5.56 Å². The predicted molar refractivity (Wildman–Crippen MR) is 119 cm³/mol. The number of nitrogens with zero attached hydrogens (tertiary/aromatic N) is 2. The zero-order valence-electron chi connectivity index (χ0n) is 17.7. The van der Waals surface area contributed by atoms with E-state index in [0.717, 1.165) is 36.1 Å². The van der Waals surface area contributed by atoms with Gasteiger partial charge in [-0.3, -0.25) is 19.0 Å². The highest BCUT2D eigenvalue weighted by molar-refractivity contribution is 7.18. The minimum atomic E-state index is -0.656. The summed E-state index contributed by atoms with van der Waals surface area (Å²) in [5.41, 5.74) is 1.59. The molecule has 1 N–H and O–H groups in total. The molecular formula is C23H24FN3O4S. The zero-order chi connectivity index (χ0) is 22.7. The van der Waals surface area contributed by atoms with Gasteiger partial charge in [-0.15, -0.1) is 11.3 Å². The number of carbonyl (C=O) groups excluding carboxylic acids is 2. The Morgan fingerprint density at radius 1 is 1.25 bits per heavy atom. The lowest BCUT2D eigenvalue weighted by molar-refractivity contribution is -0.141. The van der Waals surface area contributed by atoms with Gasteiger partial charge in [0.2, 0.25) is 5.91 Å². The molecule has 2 aromatic heterocycles. The molecule has 0 spiro atoms. The van der Waals surface area contributed by atoms with Crippen molar-refractivity contribution in [3.05, 3.63) is 62.8 Å². The maximum Gasteiger partial charge on any atom is 0.307 e. The van der Waals surface area contributed by atoms with Crippen LogP contribution in [0.25, 0.3) is 10.2 Å². The minimum absolute atomic E-state index is 0.0400. The molecule has 7 nitrogen and oxygen atoms in total. The molecule has 32 heavy (non-hydrogen) atoms. The second-order valence-electron chi connectivity index (χ2n) is 7.84. The number of fused-ring (bicyclic) bond motifs is 3. The van der Waals surface area contributed by atoms with Crippen LogP contribution in [-0.4, -0.2) is 28.5 Å². The van der Waals surface area contributed by atoms with Crippen LogP contribution in [-0.2, 0) is 33.7 Å². The van der Waals surface area contributed by atoms with Gasteiger partial charge in [0.1, 0.15) is 10.6 Å². The maximum atomic E-state index is 13.3. The number of amides is 1. The third kappa shape index (κ3) is 4.72. The summed E-state index contributed by atoms with van der Waals surface area (Å²) in [7, 11) is 1.27. The van der Waals surface area contributed by atoms with Gasteiger partial charge >= 0.3 is 5.97 Å². The van der Waals surface area contributed by atoms with Crippen molar-refractivity contribution in [3.8, 4) is 0 Å². The van der Waals surface area contributed by atoms with Crippen LogP contribution in [0.2, 0.25) is 0 Å². The summed E-state index contributed by atoms with van der Waals surface area (Å²) in [6, 6.07) is 4.93. The Morgan fingerprint density at radius 2 is 2.00 bits per heavy atom. The summed E-state index contributed by atoms with van der Waals surface area (Å²) in [5.74, 6) is -1.23. The van der Waals surface area contributed by atoms with Gasteiger partial charge in [-0.1, -0.05) is 12.1 Å². The standard InChI is InChI=1S/C23H24FN3O4S/c1-31-20(29)12-17(14-6-8-15(24)9-7-14)26-19(28)10-11-27-13-25-22-21(23(27)30)16-4-2-3-5-18(16)32-22/h6-9,13,17H,2-5,10-12H2,1H3,(H,26,28). The van der Waals surface area contributed by atoms with Crippen LogP contribution >= 0.6 is 11.3 Å². The molecule has 0 saturated heterocycles. The first-order chi connectivity index (χ1) is 15.5. The van der Waals surface area contributed by atoms with Crippen molar-refractivity contribution in [2.45, 2.75) is 51.1 Å². The van der Waals surface area contributed by atoms with E-state index >= 15 is 0 Å². The van der Waals surface area contributed by atoms with E-state index in [-0.39, 0.29) is 30.9 Å². The third-order valence-electron chi connectivity index (χ3n) is 5.73. The van der Waals surface area contributed by atoms with Crippen LogP contribution < -0.4 is 10.9 Å². The van der Waals surface area contributed by atoms with Gasteiger partial charge in [0, 0.05) is 17.8 Å². The third-order valence-corrected chi connectivity index (χ3v) is 6.93. The molecule has 4 rings (SSSR count). The highest BCUT2D eigenvalue weighted by atomic mass is 32.1. The number of ether oxygens (including phenoxy) is 1. The number of aryl methyl sites for hydroxylation is 3. The Morgan fingerprint density at radius 3 is 2.75 bits per heavy atom. The van der Waals surface area contributed by atoms with Crippen molar-refractivity contribution in [1.29, 1.82) is 0 Å². The van der Waals surface area contributed by atoms with Gasteiger partial charge in [-0.25, -0.2) is 9.37 Å². The molecule has 0 saturated carbocycles. The second-order valence-corrected chi connectivity index (χ2v) is 8.92. The SMILES string of the molecule is COC(=O)CC(NC(=O)CCn1cnc2sc3c(c2c1=O)CCCC3)c1ccc(F)cc1. The topological polar surface area (TPSA) is 90.3 Å². The van der Waals surface area contributed by atoms with E-state index in [1.54, 1.807) is 11.3 Å². The van der Waals surface area contributed by atoms with Crippen LogP contribution in [0.15, 0.2) is 35.4 Å². The van der Waals surface area contributed by atoms with E-state index in [2.05, 4.69) is 10.3 Å². The molecule has 1 unspecified atom stereocenters. The molecule has 0 fully saturated rings. The smallest absolute Gasteiger partial charge is 0.307 e. The molecule has 0 radical (unpaired) electrons. The maximum absolute atomic E-state index is 13.3. The van der Waals surface area contributed by atoms with E-state index in [1.165, 1.54) is 47.1 Å². The van der Waals surface area contributed by atoms with E-state index in [0.29, 0.717) is 10.9 Å². The molecule has 2 heterocycles. The average molecular weight is 458 g/mol. The summed E-state index contributed by atoms with van der Waals surface area (Å²) in [6.45, 7) is 0.173. The molecule has 0 bridgehead atoms. The van der Waals surface area contributed by atoms with Crippen molar-refractivity contribution in [2.75, 3.05) is 7.11 Å². The number of esters is 1. The van der Waals surface area contributed by atoms with Gasteiger partial charge in [-0.2, -0.15) is 0 Å². The number of benzene rings is 1. The molecule has 3 aromatic rings. The number of methoxy groups -OCH3 is 1. The number of thiophene rings is 1. The molecule has 1 atom stereocenters. The molecule has 1 aliphatic rings. The van der Waals surface area contributed by atoms with Gasteiger partial charge in [0.05, 0.1) is 31.3 Å². The first kappa shape index (κ1) is 22.1. The Balaban J connectivity index is 1.47. The first-order valence-electron chi connectivity index (χ1n) is 10.6. The Hall–Kier alpha value is -3.07. The minimum Gasteiger partial charge on any atom is -0.469 e. The van der Waals surface area contributed by atoms with Crippen LogP contribution in [0.3, 0.4) is 0 Å². The van der Waals surface area contributed by atoms with Crippen molar-refractivity contribution in [3.63, 3.8) is 0 Å². The number of hydrogen-bond acceptors (Lipinski definition) is 6. The predicted octanol–water partition coefficient (Wildman–Crippen LogP) is 3.29. The highest BCUT2D eigenvalue weighted by Crippen LogP contribution is 2.33. The monoisotopic (exact) mass is 457 g/mol. The molecule has 168 valence electrons. The molecule has 1 amide bonds. The summed E-state index contributed by atoms with van der Waals surface area (Å²) < 4.78 is 19.4. The average Bonchev–Trinajstić information content (AvgIpc) is 3.18. The molecule has 9 heteroatoms. The lowest BCUT2D eigenvalue weighted by Crippen LogP contribution is -2.32. The number of carbonyl (C=O) groups is 2. The number of aromatic nitrogens is 2. The van der Waals surface area contributed by atoms with E-state index in [4.69, 9.17) is 4.74 Å². The molecule has 1 aromatic carbocycles. The Bertz CT molecular complexity index is 1200. The quantitative estimate of drug-likeness (QED) is 0.550. The highest BCUT2D eigenvalue weighted by Gasteiger charge is 2.21. The van der Waals surface area contributed by atoms with Crippen molar-refractivity contribution in [2.24, 2.45) is 0 Å². The summed E-state index contributed by atoms with van der Waals surface area (Å²) >= 11 is 1.59. The Kier molecular flexibility index (Phi) is 6.64.